The van der Waals surface area contributed by atoms with Gasteiger partial charge in [-0.3, -0.25) is 0 Å². The van der Waals surface area contributed by atoms with E-state index in [1.807, 2.05) is 36.4 Å². The van der Waals surface area contributed by atoms with E-state index in [1.165, 1.54) is 0 Å². The van der Waals surface area contributed by atoms with Crippen LogP contribution in [-0.4, -0.2) is 22.2 Å². The molecule has 0 aliphatic rings. The van der Waals surface area contributed by atoms with Crippen LogP contribution in [0.4, 0.5) is 0 Å². The predicted octanol–water partition coefficient (Wildman–Crippen LogP) is 3.21. The Hall–Kier alpha value is -2.88. The van der Waals surface area contributed by atoms with Crippen molar-refractivity contribution in [2.24, 2.45) is 0 Å². The van der Waals surface area contributed by atoms with Gasteiger partial charge in [0.1, 0.15) is 0 Å². The Morgan fingerprint density at radius 1 is 0.909 bits per heavy atom. The molecule has 4 heteroatoms. The smallest absolute Gasteiger partial charge is 0.331 e. The number of carboxylic acid groups (broad SMARTS) is 2. The van der Waals surface area contributed by atoms with E-state index in [2.05, 4.69) is 13.2 Å². The van der Waals surface area contributed by atoms with Gasteiger partial charge in [-0.1, -0.05) is 49.6 Å². The van der Waals surface area contributed by atoms with Crippen molar-refractivity contribution in [2.75, 3.05) is 0 Å². The van der Waals surface area contributed by atoms with Crippen LogP contribution in [-0.2, 0) is 22.4 Å². The summed E-state index contributed by atoms with van der Waals surface area (Å²) in [6.45, 7) is 7.09. The first-order valence-electron chi connectivity index (χ1n) is 6.71. The minimum Gasteiger partial charge on any atom is -0.478 e. The first-order chi connectivity index (χ1) is 10.4. The Kier molecular flexibility index (Phi) is 4.41. The van der Waals surface area contributed by atoms with E-state index >= 15 is 0 Å². The monoisotopic (exact) mass is 296 g/mol. The molecule has 4 nitrogen and oxygen atoms in total. The van der Waals surface area contributed by atoms with Gasteiger partial charge in [0.25, 0.3) is 0 Å². The molecule has 2 aromatic rings. The highest BCUT2D eigenvalue weighted by Gasteiger charge is 2.10. The molecule has 0 bridgehead atoms. The third-order valence-electron chi connectivity index (χ3n) is 3.46. The summed E-state index contributed by atoms with van der Waals surface area (Å²) in [6.07, 6.45) is 0.547. The average molecular weight is 296 g/mol. The maximum atomic E-state index is 10.9. The van der Waals surface area contributed by atoms with Crippen LogP contribution in [0.15, 0.2) is 60.7 Å². The Labute approximate surface area is 128 Å². The van der Waals surface area contributed by atoms with Crippen LogP contribution in [0, 0.1) is 0 Å². The second kappa shape index (κ2) is 6.26. The Bertz CT molecular complexity index is 787. The normalized spacial score (nSPS) is 10.4. The lowest BCUT2D eigenvalue weighted by Crippen LogP contribution is -2.03. The van der Waals surface area contributed by atoms with Gasteiger partial charge in [-0.25, -0.2) is 9.59 Å². The first kappa shape index (κ1) is 15.5. The van der Waals surface area contributed by atoms with Gasteiger partial charge >= 0.3 is 11.9 Å². The van der Waals surface area contributed by atoms with Crippen LogP contribution < -0.4 is 0 Å². The van der Waals surface area contributed by atoms with E-state index in [0.29, 0.717) is 0 Å². The fraction of sp³-hybridized carbons (Fsp3) is 0.111. The summed E-state index contributed by atoms with van der Waals surface area (Å²) in [6, 6.07) is 11.2. The van der Waals surface area contributed by atoms with E-state index in [9.17, 15) is 9.59 Å². The Morgan fingerprint density at radius 2 is 1.55 bits per heavy atom. The molecule has 0 amide bonds. The number of carboxylic acids is 2. The molecule has 0 atom stereocenters. The second-order valence-corrected chi connectivity index (χ2v) is 5.14. The summed E-state index contributed by atoms with van der Waals surface area (Å²) in [5.74, 6) is -2.02. The van der Waals surface area contributed by atoms with Crippen LogP contribution in [0.1, 0.15) is 11.1 Å². The van der Waals surface area contributed by atoms with Gasteiger partial charge in [0, 0.05) is 24.0 Å². The molecule has 112 valence electrons. The first-order valence-corrected chi connectivity index (χ1v) is 6.71. The average Bonchev–Trinajstić information content (AvgIpc) is 2.47. The van der Waals surface area contributed by atoms with Gasteiger partial charge in [0.05, 0.1) is 0 Å². The van der Waals surface area contributed by atoms with Gasteiger partial charge in [0.2, 0.25) is 0 Å². The van der Waals surface area contributed by atoms with Gasteiger partial charge in [-0.2, -0.15) is 0 Å². The number of hydrogen-bond acceptors (Lipinski definition) is 2. The lowest BCUT2D eigenvalue weighted by atomic mass is 9.96. The topological polar surface area (TPSA) is 74.6 Å². The van der Waals surface area contributed by atoms with Crippen LogP contribution >= 0.6 is 0 Å². The zero-order chi connectivity index (χ0) is 16.3. The minimum atomic E-state index is -1.01. The highest BCUT2D eigenvalue weighted by molar-refractivity contribution is 5.91. The Balaban J connectivity index is 2.35. The molecule has 0 aliphatic heterocycles. The number of rotatable bonds is 6. The van der Waals surface area contributed by atoms with Crippen molar-refractivity contribution in [3.8, 4) is 0 Å². The van der Waals surface area contributed by atoms with E-state index in [0.717, 1.165) is 21.9 Å². The van der Waals surface area contributed by atoms with Gasteiger partial charge in [-0.05, 0) is 21.9 Å². The van der Waals surface area contributed by atoms with Gasteiger partial charge in [-0.15, -0.1) is 0 Å². The zero-order valence-corrected chi connectivity index (χ0v) is 12.0. The lowest BCUT2D eigenvalue weighted by Gasteiger charge is -2.09. The maximum absolute atomic E-state index is 10.9. The summed E-state index contributed by atoms with van der Waals surface area (Å²) in [7, 11) is 0. The van der Waals surface area contributed by atoms with Gasteiger partial charge < -0.3 is 10.2 Å². The molecule has 0 aromatic heterocycles. The molecule has 0 saturated carbocycles. The van der Waals surface area contributed by atoms with Crippen molar-refractivity contribution in [2.45, 2.75) is 12.8 Å². The minimum absolute atomic E-state index is 0.134. The van der Waals surface area contributed by atoms with Crippen molar-refractivity contribution in [3.63, 3.8) is 0 Å². The highest BCUT2D eigenvalue weighted by Crippen LogP contribution is 2.23. The molecule has 0 heterocycles. The number of benzene rings is 2. The van der Waals surface area contributed by atoms with Crippen LogP contribution in [0.5, 0.6) is 0 Å². The standard InChI is InChI=1S/C18H16O4/c1-11(17(19)20)8-13-6-7-16-14(9-12(2)18(21)22)4-3-5-15(16)10-13/h3-7,10H,1-2,8-9H2,(H,19,20)(H,21,22). The number of carbonyl (C=O) groups is 2. The van der Waals surface area contributed by atoms with Crippen LogP contribution in [0.3, 0.4) is 0 Å². The fourth-order valence-electron chi connectivity index (χ4n) is 2.29. The van der Waals surface area contributed by atoms with Crippen LogP contribution in [0.2, 0.25) is 0 Å². The SMILES string of the molecule is C=C(Cc1ccc2c(CC(=C)C(=O)O)cccc2c1)C(=O)O. The molecule has 0 fully saturated rings. The summed E-state index contributed by atoms with van der Waals surface area (Å²) in [5, 5.41) is 19.7. The molecule has 0 saturated heterocycles. The molecule has 2 rings (SSSR count). The van der Waals surface area contributed by atoms with E-state index in [4.69, 9.17) is 10.2 Å². The zero-order valence-electron chi connectivity index (χ0n) is 12.0. The summed E-state index contributed by atoms with van der Waals surface area (Å²) < 4.78 is 0. The molecule has 0 aliphatic carbocycles. The molecule has 2 aromatic carbocycles. The van der Waals surface area contributed by atoms with E-state index < -0.39 is 11.9 Å². The molecule has 0 spiro atoms. The highest BCUT2D eigenvalue weighted by atomic mass is 16.4. The predicted molar refractivity (Wildman–Crippen MR) is 84.9 cm³/mol. The lowest BCUT2D eigenvalue weighted by molar-refractivity contribution is -0.133. The molecular formula is C18H16O4. The molecule has 0 unspecified atom stereocenters. The molecule has 22 heavy (non-hydrogen) atoms. The van der Waals surface area contributed by atoms with Crippen molar-refractivity contribution in [1.29, 1.82) is 0 Å². The van der Waals surface area contributed by atoms with Crippen LogP contribution in [0.25, 0.3) is 10.8 Å². The van der Waals surface area contributed by atoms with Crippen molar-refractivity contribution >= 4 is 22.7 Å². The number of aliphatic carboxylic acids is 2. The summed E-state index contributed by atoms with van der Waals surface area (Å²) in [4.78, 5) is 21.8. The number of fused-ring (bicyclic) bond motifs is 1. The fourth-order valence-corrected chi connectivity index (χ4v) is 2.29. The van der Waals surface area contributed by atoms with Crippen molar-refractivity contribution < 1.29 is 19.8 Å². The number of hydrogen-bond donors (Lipinski definition) is 2. The second-order valence-electron chi connectivity index (χ2n) is 5.14. The summed E-state index contributed by atoms with van der Waals surface area (Å²) >= 11 is 0. The molecular weight excluding hydrogens is 280 g/mol. The molecule has 2 N–H and O–H groups in total. The third kappa shape index (κ3) is 3.41. The largest absolute Gasteiger partial charge is 0.478 e. The Morgan fingerprint density at radius 3 is 2.18 bits per heavy atom. The summed E-state index contributed by atoms with van der Waals surface area (Å²) in [5.41, 5.74) is 2.01. The van der Waals surface area contributed by atoms with Gasteiger partial charge in [0.15, 0.2) is 0 Å². The van der Waals surface area contributed by atoms with E-state index in [1.54, 1.807) is 0 Å². The quantitative estimate of drug-likeness (QED) is 0.803. The molecule has 0 radical (unpaired) electrons. The van der Waals surface area contributed by atoms with Crippen molar-refractivity contribution in [3.05, 3.63) is 71.8 Å². The maximum Gasteiger partial charge on any atom is 0.331 e. The third-order valence-corrected chi connectivity index (χ3v) is 3.46. The van der Waals surface area contributed by atoms with Crippen molar-refractivity contribution in [1.82, 2.24) is 0 Å². The van der Waals surface area contributed by atoms with E-state index in [-0.39, 0.29) is 24.0 Å².